The van der Waals surface area contributed by atoms with E-state index in [9.17, 15) is 9.90 Å². The van der Waals surface area contributed by atoms with Crippen LogP contribution in [0, 0.1) is 5.92 Å². The number of carbonyl (C=O) groups is 1. The monoisotopic (exact) mass is 497 g/mol. The quantitative estimate of drug-likeness (QED) is 0.373. The number of rotatable bonds is 7. The maximum absolute atomic E-state index is 15.8. The van der Waals surface area contributed by atoms with Crippen molar-refractivity contribution in [2.75, 3.05) is 6.54 Å². The Kier molecular flexibility index (Phi) is 7.14. The number of benzene rings is 1. The van der Waals surface area contributed by atoms with Crippen molar-refractivity contribution in [2.24, 2.45) is 5.92 Å². The predicted molar refractivity (Wildman–Crippen MR) is 135 cm³/mol. The Morgan fingerprint density at radius 2 is 2.11 bits per heavy atom. The van der Waals surface area contributed by atoms with Crippen LogP contribution in [0.15, 0.2) is 30.5 Å². The minimum atomic E-state index is -1.04. The number of aromatic hydroxyl groups is 1. The van der Waals surface area contributed by atoms with E-state index in [1.807, 2.05) is 39.1 Å². The number of carbonyl (C=O) groups excluding carboxylic acids is 1. The molecule has 1 saturated heterocycles. The van der Waals surface area contributed by atoms with E-state index < -0.39 is 6.17 Å². The molecule has 2 aliphatic heterocycles. The summed E-state index contributed by atoms with van der Waals surface area (Å²) in [6.07, 6.45) is 5.36. The van der Waals surface area contributed by atoms with E-state index in [4.69, 9.17) is 4.74 Å². The van der Waals surface area contributed by atoms with Crippen LogP contribution in [0.3, 0.4) is 0 Å². The highest BCUT2D eigenvalue weighted by Gasteiger charge is 2.48. The Morgan fingerprint density at radius 3 is 2.89 bits per heavy atom. The number of imidazole rings is 1. The average molecular weight is 498 g/mol. The highest BCUT2D eigenvalue weighted by Crippen LogP contribution is 2.45. The molecule has 0 spiro atoms. The Bertz CT molecular complexity index is 1130. The van der Waals surface area contributed by atoms with E-state index in [0.29, 0.717) is 13.0 Å². The number of alkyl halides is 1. The predicted octanol–water partition coefficient (Wildman–Crippen LogP) is 3.42. The number of hydrogen-bond acceptors (Lipinski definition) is 7. The number of phenolic OH excluding ortho intramolecular Hbond substituents is 1. The average Bonchev–Trinajstić information content (AvgIpc) is 3.58. The number of nitrogens with zero attached hydrogens (tertiary/aromatic N) is 1. The molecule has 0 bridgehead atoms. The van der Waals surface area contributed by atoms with Gasteiger partial charge in [0.1, 0.15) is 17.7 Å². The minimum Gasteiger partial charge on any atom is -0.508 e. The van der Waals surface area contributed by atoms with Crippen LogP contribution < -0.4 is 16.2 Å². The third kappa shape index (κ3) is 4.92. The zero-order valence-corrected chi connectivity index (χ0v) is 21.1. The van der Waals surface area contributed by atoms with Crippen molar-refractivity contribution in [1.82, 2.24) is 26.1 Å². The van der Waals surface area contributed by atoms with Gasteiger partial charge in [0.25, 0.3) is 0 Å². The first-order valence-electron chi connectivity index (χ1n) is 13.0. The summed E-state index contributed by atoms with van der Waals surface area (Å²) in [4.78, 5) is 20.0. The van der Waals surface area contributed by atoms with E-state index in [1.54, 1.807) is 12.1 Å². The first-order valence-corrected chi connectivity index (χ1v) is 13.0. The highest BCUT2D eigenvalue weighted by atomic mass is 19.1. The molecule has 8 nitrogen and oxygen atoms in total. The lowest BCUT2D eigenvalue weighted by Crippen LogP contribution is -2.45. The molecule has 9 heteroatoms. The molecule has 6 atom stereocenters. The zero-order chi connectivity index (χ0) is 25.4. The zero-order valence-electron chi connectivity index (χ0n) is 21.1. The third-order valence-corrected chi connectivity index (χ3v) is 7.69. The number of halogens is 1. The lowest BCUT2D eigenvalue weighted by atomic mass is 9.71. The second-order valence-electron chi connectivity index (χ2n) is 10.4. The van der Waals surface area contributed by atoms with Crippen molar-refractivity contribution >= 4 is 11.5 Å². The molecule has 0 amide bonds. The van der Waals surface area contributed by atoms with Gasteiger partial charge in [-0.1, -0.05) is 19.1 Å². The van der Waals surface area contributed by atoms with Crippen LogP contribution in [0.5, 0.6) is 5.75 Å². The minimum absolute atomic E-state index is 0.0656. The van der Waals surface area contributed by atoms with Gasteiger partial charge >= 0.3 is 5.97 Å². The number of aromatic nitrogens is 2. The van der Waals surface area contributed by atoms with Gasteiger partial charge in [0.05, 0.1) is 36.5 Å². The summed E-state index contributed by atoms with van der Waals surface area (Å²) in [7, 11) is 0. The number of esters is 1. The standard InChI is InChI=1S/C27H36FN5O3/c1-4-15-10-18(34)5-6-19(15)20-7-8-21-25(24(20)28)32-33-26(21)27-30-13-22(31-27)16-9-17(29-12-16)11-23(35)36-14(2)3/h5-6,9-10,13-14,17,20-21,24-26,29,32-34H,4,7-8,11-12H2,1-3H3,(H,30,31)/t17-,20?,21?,24?,25?,26?/m1/s1. The fraction of sp³-hybridized carbons (Fsp3) is 0.556. The molecule has 2 aromatic rings. The summed E-state index contributed by atoms with van der Waals surface area (Å²) in [5.74, 6) is 0.677. The SMILES string of the molecule is CCc1cc(O)ccc1C1CCC2C(c3ncc(C4=C[C@H](CC(=O)OC(C)C)NC4)[nH]3)NNC2C1F. The van der Waals surface area contributed by atoms with Crippen LogP contribution in [0.4, 0.5) is 4.39 Å². The number of hydrogen-bond donors (Lipinski definition) is 5. The molecule has 3 heterocycles. The summed E-state index contributed by atoms with van der Waals surface area (Å²) in [5, 5.41) is 13.2. The van der Waals surface area contributed by atoms with E-state index in [0.717, 1.165) is 47.5 Å². The van der Waals surface area contributed by atoms with E-state index >= 15 is 4.39 Å². The van der Waals surface area contributed by atoms with Gasteiger partial charge in [-0.05, 0) is 61.9 Å². The molecule has 5 unspecified atom stereocenters. The first-order chi connectivity index (χ1) is 17.3. The lowest BCUT2D eigenvalue weighted by Gasteiger charge is -2.36. The van der Waals surface area contributed by atoms with Crippen molar-refractivity contribution in [3.63, 3.8) is 0 Å². The molecule has 5 N–H and O–H groups in total. The molecule has 1 saturated carbocycles. The maximum atomic E-state index is 15.8. The number of H-pyrrole nitrogens is 1. The van der Waals surface area contributed by atoms with E-state index in [-0.39, 0.29) is 47.8 Å². The van der Waals surface area contributed by atoms with Crippen molar-refractivity contribution in [1.29, 1.82) is 0 Å². The molecule has 1 aromatic carbocycles. The largest absolute Gasteiger partial charge is 0.508 e. The molecule has 0 radical (unpaired) electrons. The van der Waals surface area contributed by atoms with E-state index in [1.165, 1.54) is 0 Å². The second kappa shape index (κ2) is 10.3. The van der Waals surface area contributed by atoms with E-state index in [2.05, 4.69) is 26.1 Å². The van der Waals surface area contributed by atoms with Gasteiger partial charge in [0, 0.05) is 24.4 Å². The van der Waals surface area contributed by atoms with Crippen LogP contribution in [0.1, 0.15) is 74.6 Å². The Hall–Kier alpha value is -2.75. The number of aryl methyl sites for hydroxylation is 1. The van der Waals surface area contributed by atoms with Crippen LogP contribution in [-0.2, 0) is 16.0 Å². The first kappa shape index (κ1) is 24.9. The highest BCUT2D eigenvalue weighted by molar-refractivity contribution is 5.73. The van der Waals surface area contributed by atoms with Gasteiger partial charge in [-0.25, -0.2) is 14.8 Å². The van der Waals surface area contributed by atoms with Gasteiger partial charge in [-0.15, -0.1) is 0 Å². The normalized spacial score (nSPS) is 29.9. The number of phenols is 1. The molecular weight excluding hydrogens is 461 g/mol. The summed E-state index contributed by atoms with van der Waals surface area (Å²) in [6.45, 7) is 6.37. The molecule has 2 fully saturated rings. The lowest BCUT2D eigenvalue weighted by molar-refractivity contribution is -0.147. The maximum Gasteiger partial charge on any atom is 0.307 e. The molecular formula is C27H36FN5O3. The number of aromatic amines is 1. The number of nitrogens with one attached hydrogen (secondary N) is 4. The summed E-state index contributed by atoms with van der Waals surface area (Å²) >= 11 is 0. The summed E-state index contributed by atoms with van der Waals surface area (Å²) < 4.78 is 21.1. The Labute approximate surface area is 211 Å². The number of ether oxygens (including phenoxy) is 1. The van der Waals surface area contributed by atoms with Gasteiger partial charge in [0.2, 0.25) is 0 Å². The third-order valence-electron chi connectivity index (χ3n) is 7.69. The second-order valence-corrected chi connectivity index (χ2v) is 10.4. The fourth-order valence-corrected chi connectivity index (χ4v) is 5.98. The molecule has 3 aliphatic rings. The van der Waals surface area contributed by atoms with Crippen molar-refractivity contribution in [2.45, 2.75) is 82.8 Å². The van der Waals surface area contributed by atoms with Crippen LogP contribution in [-0.4, -0.2) is 51.9 Å². The molecule has 1 aliphatic carbocycles. The van der Waals surface area contributed by atoms with Crippen LogP contribution in [0.25, 0.3) is 5.57 Å². The number of hydrazine groups is 1. The van der Waals surface area contributed by atoms with Gasteiger partial charge < -0.3 is 20.1 Å². The fourth-order valence-electron chi connectivity index (χ4n) is 5.98. The Balaban J connectivity index is 1.26. The number of fused-ring (bicyclic) bond motifs is 1. The van der Waals surface area contributed by atoms with Crippen LogP contribution in [0.2, 0.25) is 0 Å². The van der Waals surface area contributed by atoms with Gasteiger partial charge in [-0.3, -0.25) is 10.2 Å². The van der Waals surface area contributed by atoms with Gasteiger partial charge in [0.15, 0.2) is 0 Å². The van der Waals surface area contributed by atoms with Crippen molar-refractivity contribution in [3.8, 4) is 5.75 Å². The van der Waals surface area contributed by atoms with Crippen molar-refractivity contribution < 1.29 is 19.0 Å². The van der Waals surface area contributed by atoms with Crippen LogP contribution >= 0.6 is 0 Å². The molecule has 1 aromatic heterocycles. The molecule has 194 valence electrons. The smallest absolute Gasteiger partial charge is 0.307 e. The van der Waals surface area contributed by atoms with Gasteiger partial charge in [-0.2, -0.15) is 0 Å². The molecule has 36 heavy (non-hydrogen) atoms. The topological polar surface area (TPSA) is 111 Å². The Morgan fingerprint density at radius 1 is 1.28 bits per heavy atom. The molecule has 5 rings (SSSR count). The van der Waals surface area contributed by atoms with Crippen molar-refractivity contribution in [3.05, 3.63) is 53.1 Å². The summed E-state index contributed by atoms with van der Waals surface area (Å²) in [6, 6.07) is 4.80. The summed E-state index contributed by atoms with van der Waals surface area (Å²) in [5.41, 5.74) is 10.5.